The van der Waals surface area contributed by atoms with Gasteiger partial charge in [-0.25, -0.2) is 0 Å². The highest BCUT2D eigenvalue weighted by Crippen LogP contribution is 2.45. The molecule has 0 aliphatic carbocycles. The Labute approximate surface area is 433 Å². The van der Waals surface area contributed by atoms with E-state index in [1.54, 1.807) is 48.5 Å². The smallest absolute Gasteiger partial charge is 0.309 e. The molecule has 354 valence electrons. The van der Waals surface area contributed by atoms with E-state index in [2.05, 4.69) is 47.0 Å². The minimum absolute atomic E-state index is 0.213. The number of hydrogen-bond acceptors (Lipinski definition) is 5. The van der Waals surface area contributed by atoms with Crippen LogP contribution in [0.25, 0.3) is 111 Å². The largest absolute Gasteiger partial charge is 0.416 e. The molecule has 7 nitrogen and oxygen atoms in total. The van der Waals surface area contributed by atoms with Gasteiger partial charge in [-0.15, -0.1) is 0 Å². The summed E-state index contributed by atoms with van der Waals surface area (Å²) in [6.45, 7) is 0. The number of benzene rings is 10. The highest BCUT2D eigenvalue weighted by molar-refractivity contribution is 6.14. The first-order valence-corrected chi connectivity index (χ1v) is 24.0. The fraction of sp³-hybridized carbons (Fsp3) is 0.0152. The second-order valence-corrected chi connectivity index (χ2v) is 18.4. The van der Waals surface area contributed by atoms with E-state index in [9.17, 15) is 26.3 Å². The standard InChI is InChI=1S/C66H34F3N7/c67-66(68,69)53-18-19-54(65(34-53)76-63-23-16-51(47-11-3-7-42(27-47)37-72)32-58(63)59-33-52(17-24-64(59)76)48-12-4-8-43(28-48)38-73)55-29-44(39-74)13-20-60(55)75-61-21-14-49(45-9-1-5-40(25-45)35-70)30-56(61)57-31-50(15-22-62(57)75)46-10-2-6-41(26-46)36-71/h1-34H. The second kappa shape index (κ2) is 18.3. The minimum atomic E-state index is -4.73. The lowest BCUT2D eigenvalue weighted by Gasteiger charge is -2.20. The molecule has 0 aliphatic heterocycles. The second-order valence-electron chi connectivity index (χ2n) is 18.4. The topological polar surface area (TPSA) is 129 Å². The molecule has 0 N–H and O–H groups in total. The van der Waals surface area contributed by atoms with Crippen molar-refractivity contribution >= 4 is 43.6 Å². The third-order valence-corrected chi connectivity index (χ3v) is 14.1. The minimum Gasteiger partial charge on any atom is -0.309 e. The van der Waals surface area contributed by atoms with Crippen molar-refractivity contribution < 1.29 is 13.2 Å². The number of fused-ring (bicyclic) bond motifs is 6. The van der Waals surface area contributed by atoms with Gasteiger partial charge in [-0.1, -0.05) is 78.9 Å². The van der Waals surface area contributed by atoms with Gasteiger partial charge in [0.2, 0.25) is 0 Å². The fourth-order valence-electron chi connectivity index (χ4n) is 10.5. The van der Waals surface area contributed by atoms with E-state index in [0.717, 1.165) is 83.2 Å². The molecule has 2 aromatic heterocycles. The first kappa shape index (κ1) is 46.1. The SMILES string of the molecule is N#Cc1cccc(-c2ccc3c(c2)c2cc(-c4cccc(C#N)c4)ccc2n3-c2ccc(C#N)cc2-c2ccc(C(F)(F)F)cc2-n2c3ccc(-c4cccc(C#N)c4)cc3c3cc(-c4cccc(C#N)c4)ccc32)c1. The molecular formula is C66H34F3N7. The predicted molar refractivity (Wildman–Crippen MR) is 291 cm³/mol. The monoisotopic (exact) mass is 981 g/mol. The van der Waals surface area contributed by atoms with Gasteiger partial charge < -0.3 is 9.13 Å². The lowest BCUT2D eigenvalue weighted by atomic mass is 9.96. The highest BCUT2D eigenvalue weighted by atomic mass is 19.4. The molecule has 0 radical (unpaired) electrons. The van der Waals surface area contributed by atoms with Crippen LogP contribution in [0.3, 0.4) is 0 Å². The molecule has 2 heterocycles. The van der Waals surface area contributed by atoms with Crippen molar-refractivity contribution in [2.45, 2.75) is 6.18 Å². The molecule has 76 heavy (non-hydrogen) atoms. The summed E-state index contributed by atoms with van der Waals surface area (Å²) in [5.74, 6) is 0. The molecule has 0 saturated heterocycles. The van der Waals surface area contributed by atoms with Crippen LogP contribution in [0.15, 0.2) is 206 Å². The van der Waals surface area contributed by atoms with Gasteiger partial charge in [0.15, 0.2) is 0 Å². The third kappa shape index (κ3) is 7.92. The molecule has 0 fully saturated rings. The van der Waals surface area contributed by atoms with Crippen LogP contribution in [-0.4, -0.2) is 9.13 Å². The molecule has 0 bridgehead atoms. The van der Waals surface area contributed by atoms with Gasteiger partial charge >= 0.3 is 6.18 Å². The number of halogens is 3. The maximum absolute atomic E-state index is 15.2. The van der Waals surface area contributed by atoms with Crippen molar-refractivity contribution in [3.8, 4) is 97.4 Å². The van der Waals surface area contributed by atoms with Gasteiger partial charge in [0, 0.05) is 32.7 Å². The molecule has 10 heteroatoms. The van der Waals surface area contributed by atoms with Crippen molar-refractivity contribution in [1.82, 2.24) is 9.13 Å². The molecule has 0 aliphatic rings. The zero-order valence-electron chi connectivity index (χ0n) is 39.9. The molecular weight excluding hydrogens is 948 g/mol. The van der Waals surface area contributed by atoms with Crippen molar-refractivity contribution in [2.24, 2.45) is 0 Å². The summed E-state index contributed by atoms with van der Waals surface area (Å²) < 4.78 is 49.5. The van der Waals surface area contributed by atoms with E-state index < -0.39 is 11.7 Å². The van der Waals surface area contributed by atoms with Crippen LogP contribution in [0.2, 0.25) is 0 Å². The highest BCUT2D eigenvalue weighted by Gasteiger charge is 2.32. The normalized spacial score (nSPS) is 11.3. The van der Waals surface area contributed by atoms with Crippen molar-refractivity contribution in [2.75, 3.05) is 0 Å². The Morgan fingerprint density at radius 2 is 0.618 bits per heavy atom. The number of hydrogen-bond donors (Lipinski definition) is 0. The van der Waals surface area contributed by atoms with Gasteiger partial charge in [0.25, 0.3) is 0 Å². The molecule has 10 aromatic carbocycles. The van der Waals surface area contributed by atoms with E-state index in [1.165, 1.54) is 12.1 Å². The molecule has 0 saturated carbocycles. The lowest BCUT2D eigenvalue weighted by molar-refractivity contribution is -0.137. The summed E-state index contributed by atoms with van der Waals surface area (Å²) >= 11 is 0. The van der Waals surface area contributed by atoms with E-state index in [-0.39, 0.29) is 5.69 Å². The Morgan fingerprint density at radius 1 is 0.289 bits per heavy atom. The summed E-state index contributed by atoms with van der Waals surface area (Å²) in [5, 5.41) is 52.9. The average molecular weight is 982 g/mol. The third-order valence-electron chi connectivity index (χ3n) is 14.1. The van der Waals surface area contributed by atoms with E-state index in [0.29, 0.717) is 55.7 Å². The van der Waals surface area contributed by atoms with Crippen LogP contribution in [0.5, 0.6) is 0 Å². The molecule has 0 amide bonds. The Morgan fingerprint density at radius 3 is 0.961 bits per heavy atom. The summed E-state index contributed by atoms with van der Waals surface area (Å²) in [7, 11) is 0. The van der Waals surface area contributed by atoms with Crippen LogP contribution in [-0.2, 0) is 6.18 Å². The predicted octanol–water partition coefficient (Wildman–Crippen LogP) is 16.6. The summed E-state index contributed by atoms with van der Waals surface area (Å²) in [6.07, 6.45) is -4.73. The molecule has 0 spiro atoms. The molecule has 0 atom stereocenters. The van der Waals surface area contributed by atoms with E-state index in [4.69, 9.17) is 0 Å². The van der Waals surface area contributed by atoms with Crippen LogP contribution >= 0.6 is 0 Å². The maximum Gasteiger partial charge on any atom is 0.416 e. The zero-order valence-corrected chi connectivity index (χ0v) is 39.9. The number of nitrogens with zero attached hydrogens (tertiary/aromatic N) is 7. The number of aromatic nitrogens is 2. The lowest BCUT2D eigenvalue weighted by Crippen LogP contribution is -2.08. The van der Waals surface area contributed by atoms with Crippen LogP contribution in [0.4, 0.5) is 13.2 Å². The first-order chi connectivity index (χ1) is 37.0. The zero-order chi connectivity index (χ0) is 52.2. The van der Waals surface area contributed by atoms with Gasteiger partial charge in [-0.2, -0.15) is 39.5 Å². The van der Waals surface area contributed by atoms with Crippen molar-refractivity contribution in [1.29, 1.82) is 26.3 Å². The fourth-order valence-corrected chi connectivity index (χ4v) is 10.5. The first-order valence-electron chi connectivity index (χ1n) is 24.0. The quantitative estimate of drug-likeness (QED) is 0.157. The molecule has 0 unspecified atom stereocenters. The van der Waals surface area contributed by atoms with E-state index >= 15 is 13.2 Å². The van der Waals surface area contributed by atoms with Crippen molar-refractivity contribution in [3.63, 3.8) is 0 Å². The summed E-state index contributed by atoms with van der Waals surface area (Å²) in [6, 6.07) is 73.0. The summed E-state index contributed by atoms with van der Waals surface area (Å²) in [5.41, 5.74) is 12.4. The average Bonchev–Trinajstić information content (AvgIpc) is 4.00. The number of alkyl halides is 3. The van der Waals surface area contributed by atoms with Crippen LogP contribution in [0, 0.1) is 56.7 Å². The van der Waals surface area contributed by atoms with Gasteiger partial charge in [0.1, 0.15) is 0 Å². The number of rotatable bonds is 7. The number of nitriles is 5. The van der Waals surface area contributed by atoms with Crippen LogP contribution in [0.1, 0.15) is 33.4 Å². The van der Waals surface area contributed by atoms with Gasteiger partial charge in [-0.05, 0) is 172 Å². The maximum atomic E-state index is 15.2. The Bertz CT molecular complexity index is 4420. The Balaban J connectivity index is 1.15. The van der Waals surface area contributed by atoms with Gasteiger partial charge in [0.05, 0.1) is 97.2 Å². The molecule has 12 rings (SSSR count). The van der Waals surface area contributed by atoms with Crippen molar-refractivity contribution in [3.05, 3.63) is 240 Å². The Kier molecular flexibility index (Phi) is 11.1. The molecule has 12 aromatic rings. The van der Waals surface area contributed by atoms with Gasteiger partial charge in [-0.3, -0.25) is 0 Å². The van der Waals surface area contributed by atoms with E-state index in [1.807, 2.05) is 132 Å². The van der Waals surface area contributed by atoms with Crippen LogP contribution < -0.4 is 0 Å². The summed E-state index contributed by atoms with van der Waals surface area (Å²) in [4.78, 5) is 0. The Hall–Kier alpha value is -11.0.